The summed E-state index contributed by atoms with van der Waals surface area (Å²) in [4.78, 5) is 0.208. The van der Waals surface area contributed by atoms with Gasteiger partial charge in [0.2, 0.25) is 0 Å². The molecule has 1 aromatic rings. The van der Waals surface area contributed by atoms with Crippen molar-refractivity contribution in [2.75, 3.05) is 7.11 Å². The van der Waals surface area contributed by atoms with E-state index in [9.17, 15) is 4.39 Å². The van der Waals surface area contributed by atoms with Crippen molar-refractivity contribution >= 4 is 31.9 Å². The van der Waals surface area contributed by atoms with Crippen LogP contribution in [0.3, 0.4) is 0 Å². The molecule has 0 spiro atoms. The predicted octanol–water partition coefficient (Wildman–Crippen LogP) is 7.17. The smallest absolute Gasteiger partial charge is 0.141 e. The Morgan fingerprint density at radius 3 is 2.33 bits per heavy atom. The van der Waals surface area contributed by atoms with E-state index < -0.39 is 0 Å². The van der Waals surface area contributed by atoms with Crippen molar-refractivity contribution in [3.63, 3.8) is 0 Å². The van der Waals surface area contributed by atoms with Crippen LogP contribution in [0, 0.1) is 5.82 Å². The van der Waals surface area contributed by atoms with Crippen LogP contribution in [0.4, 0.5) is 4.39 Å². The Hall–Kier alpha value is -0.0900. The maximum absolute atomic E-state index is 13.5. The molecule has 1 atom stereocenters. The summed E-state index contributed by atoms with van der Waals surface area (Å²) in [5.41, 5.74) is 1.01. The Bertz CT molecular complexity index is 423. The van der Waals surface area contributed by atoms with Gasteiger partial charge in [-0.3, -0.25) is 0 Å². The fourth-order valence-electron chi connectivity index (χ4n) is 2.40. The number of hydrogen-bond donors (Lipinski definition) is 0. The first kappa shape index (κ1) is 19.0. The van der Waals surface area contributed by atoms with E-state index >= 15 is 0 Å². The van der Waals surface area contributed by atoms with Crippen LogP contribution in [-0.2, 0) is 0 Å². The van der Waals surface area contributed by atoms with Gasteiger partial charge in [-0.25, -0.2) is 4.39 Å². The van der Waals surface area contributed by atoms with Gasteiger partial charge in [0.1, 0.15) is 11.6 Å². The molecule has 1 rings (SSSR count). The van der Waals surface area contributed by atoms with Crippen molar-refractivity contribution in [3.8, 4) is 5.75 Å². The molecular weight excluding hydrogens is 399 g/mol. The molecule has 0 aliphatic rings. The van der Waals surface area contributed by atoms with Crippen LogP contribution in [0.1, 0.15) is 68.7 Å². The highest BCUT2D eigenvalue weighted by Crippen LogP contribution is 2.37. The Balaban J connectivity index is 2.41. The SMILES string of the molecule is CCCCCCCCCC(Br)c1cc(Br)c(F)cc1OC. The Morgan fingerprint density at radius 1 is 1.10 bits per heavy atom. The molecule has 0 N–H and O–H groups in total. The monoisotopic (exact) mass is 422 g/mol. The molecule has 0 radical (unpaired) electrons. The lowest BCUT2D eigenvalue weighted by Gasteiger charge is -2.15. The molecule has 4 heteroatoms. The predicted molar refractivity (Wildman–Crippen MR) is 94.9 cm³/mol. The van der Waals surface area contributed by atoms with Crippen LogP contribution in [0.25, 0.3) is 0 Å². The highest BCUT2D eigenvalue weighted by Gasteiger charge is 2.16. The molecule has 0 saturated carbocycles. The van der Waals surface area contributed by atoms with Crippen LogP contribution in [0.2, 0.25) is 0 Å². The minimum Gasteiger partial charge on any atom is -0.496 e. The largest absolute Gasteiger partial charge is 0.496 e. The lowest BCUT2D eigenvalue weighted by atomic mass is 10.0. The van der Waals surface area contributed by atoms with Crippen molar-refractivity contribution in [2.45, 2.75) is 63.1 Å². The zero-order valence-corrected chi connectivity index (χ0v) is 16.1. The minimum absolute atomic E-state index is 0.208. The molecule has 1 aromatic carbocycles. The summed E-state index contributed by atoms with van der Waals surface area (Å²) in [5.74, 6) is 0.326. The molecule has 1 unspecified atom stereocenters. The molecule has 1 nitrogen and oxygen atoms in total. The molecule has 0 aliphatic heterocycles. The van der Waals surface area contributed by atoms with Crippen molar-refractivity contribution < 1.29 is 9.13 Å². The summed E-state index contributed by atoms with van der Waals surface area (Å²) in [6.45, 7) is 2.24. The zero-order valence-electron chi connectivity index (χ0n) is 12.9. The fourth-order valence-corrected chi connectivity index (χ4v) is 3.44. The molecule has 0 bridgehead atoms. The highest BCUT2D eigenvalue weighted by molar-refractivity contribution is 9.10. The van der Waals surface area contributed by atoms with Gasteiger partial charge in [-0.2, -0.15) is 0 Å². The lowest BCUT2D eigenvalue weighted by Crippen LogP contribution is -1.97. The summed E-state index contributed by atoms with van der Waals surface area (Å²) in [6, 6.07) is 3.26. The Labute approximate surface area is 144 Å². The van der Waals surface area contributed by atoms with Gasteiger partial charge in [0.25, 0.3) is 0 Å². The topological polar surface area (TPSA) is 9.23 Å². The van der Waals surface area contributed by atoms with Crippen LogP contribution in [0.15, 0.2) is 16.6 Å². The van der Waals surface area contributed by atoms with E-state index in [0.29, 0.717) is 10.2 Å². The molecule has 120 valence electrons. The maximum atomic E-state index is 13.5. The molecule has 0 aliphatic carbocycles. The molecule has 0 heterocycles. The summed E-state index contributed by atoms with van der Waals surface area (Å²) < 4.78 is 19.3. The van der Waals surface area contributed by atoms with Gasteiger partial charge in [-0.05, 0) is 28.4 Å². The van der Waals surface area contributed by atoms with Gasteiger partial charge in [-0.15, -0.1) is 0 Å². The number of ether oxygens (including phenoxy) is 1. The maximum Gasteiger partial charge on any atom is 0.141 e. The average molecular weight is 424 g/mol. The summed E-state index contributed by atoms with van der Waals surface area (Å²) in [7, 11) is 1.58. The van der Waals surface area contributed by atoms with Crippen molar-refractivity contribution in [1.82, 2.24) is 0 Å². The van der Waals surface area contributed by atoms with Gasteiger partial charge in [0.05, 0.1) is 11.6 Å². The van der Waals surface area contributed by atoms with Crippen LogP contribution < -0.4 is 4.74 Å². The second-order valence-corrected chi connectivity index (χ2v) is 7.35. The van der Waals surface area contributed by atoms with E-state index in [1.165, 1.54) is 51.0 Å². The number of benzene rings is 1. The first-order valence-electron chi connectivity index (χ1n) is 7.77. The molecule has 0 aromatic heterocycles. The molecule has 0 amide bonds. The van der Waals surface area contributed by atoms with Crippen LogP contribution in [0.5, 0.6) is 5.75 Å². The van der Waals surface area contributed by atoms with Gasteiger partial charge >= 0.3 is 0 Å². The van der Waals surface area contributed by atoms with Crippen LogP contribution in [-0.4, -0.2) is 7.11 Å². The summed E-state index contributed by atoms with van der Waals surface area (Å²) in [6.07, 6.45) is 10.1. The third-order valence-electron chi connectivity index (χ3n) is 3.67. The highest BCUT2D eigenvalue weighted by atomic mass is 79.9. The number of alkyl halides is 1. The van der Waals surface area contributed by atoms with E-state index in [0.717, 1.165) is 12.0 Å². The Kier molecular flexibility index (Phi) is 9.57. The summed E-state index contributed by atoms with van der Waals surface area (Å²) >= 11 is 6.95. The quantitative estimate of drug-likeness (QED) is 0.286. The fraction of sp³-hybridized carbons (Fsp3) is 0.647. The Morgan fingerprint density at radius 2 is 1.71 bits per heavy atom. The van der Waals surface area contributed by atoms with Gasteiger partial charge in [-0.1, -0.05) is 67.8 Å². The molecule has 0 saturated heterocycles. The first-order chi connectivity index (χ1) is 10.1. The van der Waals surface area contributed by atoms with Gasteiger partial charge < -0.3 is 4.74 Å². The average Bonchev–Trinajstić information content (AvgIpc) is 2.48. The third-order valence-corrected chi connectivity index (χ3v) is 5.23. The molecular formula is C17H25Br2FO. The van der Waals surface area contributed by atoms with E-state index in [-0.39, 0.29) is 10.6 Å². The summed E-state index contributed by atoms with van der Waals surface area (Å²) in [5, 5.41) is 0. The van der Waals surface area contributed by atoms with E-state index in [1.54, 1.807) is 7.11 Å². The van der Waals surface area contributed by atoms with E-state index in [2.05, 4.69) is 38.8 Å². The zero-order chi connectivity index (χ0) is 15.7. The number of halogens is 3. The van der Waals surface area contributed by atoms with Crippen LogP contribution >= 0.6 is 31.9 Å². The number of unbranched alkanes of at least 4 members (excludes halogenated alkanes) is 6. The second kappa shape index (κ2) is 10.6. The molecule has 21 heavy (non-hydrogen) atoms. The van der Waals surface area contributed by atoms with E-state index in [4.69, 9.17) is 4.74 Å². The lowest BCUT2D eigenvalue weighted by molar-refractivity contribution is 0.404. The first-order valence-corrected chi connectivity index (χ1v) is 9.48. The standard InChI is InChI=1S/C17H25Br2FO/c1-3-4-5-6-7-8-9-10-14(18)13-11-15(19)16(20)12-17(13)21-2/h11-12,14H,3-10H2,1-2H3. The minimum atomic E-state index is -0.286. The second-order valence-electron chi connectivity index (χ2n) is 5.39. The third kappa shape index (κ3) is 6.68. The number of hydrogen-bond acceptors (Lipinski definition) is 1. The van der Waals surface area contributed by atoms with Gasteiger partial charge in [0.15, 0.2) is 0 Å². The number of rotatable bonds is 10. The van der Waals surface area contributed by atoms with Gasteiger partial charge in [0, 0.05) is 16.5 Å². The van der Waals surface area contributed by atoms with Crippen molar-refractivity contribution in [1.29, 1.82) is 0 Å². The molecule has 0 fully saturated rings. The number of methoxy groups -OCH3 is 1. The normalized spacial score (nSPS) is 12.4. The van der Waals surface area contributed by atoms with Crippen molar-refractivity contribution in [3.05, 3.63) is 28.0 Å². The van der Waals surface area contributed by atoms with E-state index in [1.807, 2.05) is 6.07 Å². The van der Waals surface area contributed by atoms with Crippen molar-refractivity contribution in [2.24, 2.45) is 0 Å².